The van der Waals surface area contributed by atoms with E-state index in [-0.39, 0.29) is 0 Å². The van der Waals surface area contributed by atoms with Gasteiger partial charge in [0.25, 0.3) is 0 Å². The van der Waals surface area contributed by atoms with Crippen molar-refractivity contribution in [1.82, 2.24) is 4.57 Å². The average Bonchev–Trinajstić information content (AvgIpc) is 3.66. The van der Waals surface area contributed by atoms with E-state index in [0.717, 1.165) is 38.8 Å². The predicted molar refractivity (Wildman–Crippen MR) is 161 cm³/mol. The van der Waals surface area contributed by atoms with E-state index in [4.69, 9.17) is 8.83 Å². The van der Waals surface area contributed by atoms with E-state index in [9.17, 15) is 0 Å². The predicted octanol–water partition coefficient (Wildman–Crippen LogP) is 10.6. The second kappa shape index (κ2) is 8.00. The van der Waals surface area contributed by atoms with E-state index in [1.54, 1.807) is 0 Å². The fourth-order valence-electron chi connectivity index (χ4n) is 7.17. The summed E-state index contributed by atoms with van der Waals surface area (Å²) in [5, 5.41) is 7.17. The van der Waals surface area contributed by atoms with Crippen molar-refractivity contribution in [2.75, 3.05) is 0 Å². The van der Waals surface area contributed by atoms with Crippen molar-refractivity contribution < 1.29 is 8.83 Å². The van der Waals surface area contributed by atoms with Crippen LogP contribution in [0.1, 0.15) is 43.6 Å². The molecule has 0 saturated heterocycles. The lowest BCUT2D eigenvalue weighted by molar-refractivity contribution is 0.444. The number of furan rings is 2. The number of hydrogen-bond donors (Lipinski definition) is 0. The van der Waals surface area contributed by atoms with Crippen LogP contribution < -0.4 is 0 Å². The molecule has 0 bridgehead atoms. The SMILES string of the molecule is c1ccc2c(c1)c1ccccc1n2-c1ccc2oc3ccc4oc5ccc(C6CCCCC6)cc5c4c3c2c1. The summed E-state index contributed by atoms with van der Waals surface area (Å²) in [5.74, 6) is 0.648. The van der Waals surface area contributed by atoms with Crippen LogP contribution in [0.4, 0.5) is 0 Å². The van der Waals surface area contributed by atoms with E-state index < -0.39 is 0 Å². The molecule has 1 aliphatic rings. The molecule has 8 aromatic rings. The van der Waals surface area contributed by atoms with Crippen molar-refractivity contribution in [2.45, 2.75) is 38.0 Å². The van der Waals surface area contributed by atoms with Crippen LogP contribution in [-0.2, 0) is 0 Å². The second-order valence-corrected chi connectivity index (χ2v) is 11.2. The van der Waals surface area contributed by atoms with Gasteiger partial charge in [-0.1, -0.05) is 61.7 Å². The van der Waals surface area contributed by atoms with E-state index in [1.165, 1.54) is 70.2 Å². The molecular formula is C36H27NO2. The summed E-state index contributed by atoms with van der Waals surface area (Å²) in [7, 11) is 0. The molecule has 0 atom stereocenters. The van der Waals surface area contributed by atoms with Gasteiger partial charge in [-0.2, -0.15) is 0 Å². The topological polar surface area (TPSA) is 31.2 Å². The third-order valence-electron chi connectivity index (χ3n) is 8.99. The molecule has 0 N–H and O–H groups in total. The smallest absolute Gasteiger partial charge is 0.136 e. The molecule has 0 aliphatic heterocycles. The van der Waals surface area contributed by atoms with Gasteiger partial charge >= 0.3 is 0 Å². The molecular weight excluding hydrogens is 478 g/mol. The first-order valence-electron chi connectivity index (χ1n) is 14.1. The minimum absolute atomic E-state index is 0.648. The normalized spacial score (nSPS) is 15.1. The molecule has 0 unspecified atom stereocenters. The minimum Gasteiger partial charge on any atom is -0.456 e. The molecule has 3 heterocycles. The van der Waals surface area contributed by atoms with E-state index >= 15 is 0 Å². The number of para-hydroxylation sites is 2. The quantitative estimate of drug-likeness (QED) is 0.234. The van der Waals surface area contributed by atoms with Gasteiger partial charge in [-0.3, -0.25) is 0 Å². The summed E-state index contributed by atoms with van der Waals surface area (Å²) in [6, 6.07) is 34.9. The highest BCUT2D eigenvalue weighted by Crippen LogP contribution is 2.43. The van der Waals surface area contributed by atoms with Crippen LogP contribution in [0.3, 0.4) is 0 Å². The first kappa shape index (κ1) is 21.4. The van der Waals surface area contributed by atoms with Crippen molar-refractivity contribution in [3.8, 4) is 5.69 Å². The number of rotatable bonds is 2. The molecule has 1 aliphatic carbocycles. The van der Waals surface area contributed by atoms with Crippen molar-refractivity contribution in [2.24, 2.45) is 0 Å². The number of fused-ring (bicyclic) bond motifs is 10. The van der Waals surface area contributed by atoms with Gasteiger partial charge in [0.15, 0.2) is 0 Å². The lowest BCUT2D eigenvalue weighted by Gasteiger charge is -2.21. The number of nitrogens with zero attached hydrogens (tertiary/aromatic N) is 1. The Kier molecular flexibility index (Phi) is 4.40. The van der Waals surface area contributed by atoms with Gasteiger partial charge in [0.05, 0.1) is 11.0 Å². The van der Waals surface area contributed by atoms with E-state index in [2.05, 4.69) is 102 Å². The molecule has 3 aromatic heterocycles. The molecule has 1 saturated carbocycles. The molecule has 3 heteroatoms. The monoisotopic (exact) mass is 505 g/mol. The van der Waals surface area contributed by atoms with Gasteiger partial charge in [0, 0.05) is 38.0 Å². The maximum atomic E-state index is 6.42. The summed E-state index contributed by atoms with van der Waals surface area (Å²) in [4.78, 5) is 0. The van der Waals surface area contributed by atoms with Gasteiger partial charge < -0.3 is 13.4 Å². The van der Waals surface area contributed by atoms with Crippen LogP contribution in [0.2, 0.25) is 0 Å². The summed E-state index contributed by atoms with van der Waals surface area (Å²) in [5.41, 5.74) is 8.68. The number of benzene rings is 5. The number of aromatic nitrogens is 1. The van der Waals surface area contributed by atoms with Crippen LogP contribution in [0.25, 0.3) is 71.4 Å². The molecule has 0 spiro atoms. The Morgan fingerprint density at radius 2 is 1.08 bits per heavy atom. The fraction of sp³-hybridized carbons (Fsp3) is 0.167. The zero-order chi connectivity index (χ0) is 25.5. The van der Waals surface area contributed by atoms with Gasteiger partial charge in [-0.05, 0) is 78.9 Å². The fourth-order valence-corrected chi connectivity index (χ4v) is 7.17. The zero-order valence-electron chi connectivity index (χ0n) is 21.6. The van der Waals surface area contributed by atoms with Crippen LogP contribution in [0.15, 0.2) is 106 Å². The van der Waals surface area contributed by atoms with Gasteiger partial charge in [-0.25, -0.2) is 0 Å². The highest BCUT2D eigenvalue weighted by molar-refractivity contribution is 6.26. The Balaban J connectivity index is 1.34. The molecule has 9 rings (SSSR count). The molecule has 5 aromatic carbocycles. The first-order chi connectivity index (χ1) is 19.3. The minimum atomic E-state index is 0.648. The Morgan fingerprint density at radius 3 is 1.74 bits per heavy atom. The average molecular weight is 506 g/mol. The third-order valence-corrected chi connectivity index (χ3v) is 8.99. The van der Waals surface area contributed by atoms with Crippen molar-refractivity contribution in [3.63, 3.8) is 0 Å². The van der Waals surface area contributed by atoms with Crippen LogP contribution in [0.5, 0.6) is 0 Å². The maximum Gasteiger partial charge on any atom is 0.136 e. The molecule has 0 radical (unpaired) electrons. The molecule has 39 heavy (non-hydrogen) atoms. The molecule has 0 amide bonds. The molecule has 188 valence electrons. The van der Waals surface area contributed by atoms with Gasteiger partial charge in [0.1, 0.15) is 22.3 Å². The highest BCUT2D eigenvalue weighted by atomic mass is 16.3. The highest BCUT2D eigenvalue weighted by Gasteiger charge is 2.21. The Morgan fingerprint density at radius 1 is 0.513 bits per heavy atom. The van der Waals surface area contributed by atoms with E-state index in [1.807, 2.05) is 0 Å². The van der Waals surface area contributed by atoms with Crippen molar-refractivity contribution in [3.05, 3.63) is 103 Å². The van der Waals surface area contributed by atoms with Crippen LogP contribution in [0, 0.1) is 0 Å². The maximum absolute atomic E-state index is 6.42. The Hall–Kier alpha value is -4.50. The Bertz CT molecular complexity index is 2160. The summed E-state index contributed by atoms with van der Waals surface area (Å²) in [6.45, 7) is 0. The van der Waals surface area contributed by atoms with Crippen molar-refractivity contribution in [1.29, 1.82) is 0 Å². The third kappa shape index (κ3) is 3.04. The summed E-state index contributed by atoms with van der Waals surface area (Å²) < 4.78 is 15.2. The van der Waals surface area contributed by atoms with Crippen LogP contribution in [-0.4, -0.2) is 4.57 Å². The lowest BCUT2D eigenvalue weighted by atomic mass is 9.83. The second-order valence-electron chi connectivity index (χ2n) is 11.2. The lowest BCUT2D eigenvalue weighted by Crippen LogP contribution is -2.03. The van der Waals surface area contributed by atoms with Gasteiger partial charge in [0.2, 0.25) is 0 Å². The van der Waals surface area contributed by atoms with Crippen LogP contribution >= 0.6 is 0 Å². The first-order valence-corrected chi connectivity index (χ1v) is 14.1. The standard InChI is InChI=1S/C36H27NO2/c1-2-8-22(9-3-1)23-14-16-31-27(20-23)35-33(38-31)18-19-34-36(35)28-21-24(15-17-32(28)39-34)37-29-12-6-4-10-25(29)26-11-5-7-13-30(26)37/h4-7,10-22H,1-3,8-9H2. The Labute approximate surface area is 225 Å². The molecule has 1 fully saturated rings. The summed E-state index contributed by atoms with van der Waals surface area (Å²) in [6.07, 6.45) is 6.60. The molecule has 3 nitrogen and oxygen atoms in total. The van der Waals surface area contributed by atoms with Crippen molar-refractivity contribution >= 4 is 65.7 Å². The summed E-state index contributed by atoms with van der Waals surface area (Å²) >= 11 is 0. The van der Waals surface area contributed by atoms with Gasteiger partial charge in [-0.15, -0.1) is 0 Å². The number of hydrogen-bond acceptors (Lipinski definition) is 2. The zero-order valence-corrected chi connectivity index (χ0v) is 21.6. The van der Waals surface area contributed by atoms with E-state index in [0.29, 0.717) is 5.92 Å². The largest absolute Gasteiger partial charge is 0.456 e.